The summed E-state index contributed by atoms with van der Waals surface area (Å²) in [5.41, 5.74) is 3.20. The number of thiazole rings is 1. The minimum Gasteiger partial charge on any atom is -0.476 e. The molecule has 3 aromatic rings. The van der Waals surface area contributed by atoms with Crippen molar-refractivity contribution in [3.05, 3.63) is 57.3 Å². The van der Waals surface area contributed by atoms with Crippen LogP contribution in [0.5, 0.6) is 0 Å². The molecule has 5 rings (SSSR count). The van der Waals surface area contributed by atoms with E-state index < -0.39 is 35.6 Å². The topological polar surface area (TPSA) is 204 Å². The Kier molecular flexibility index (Phi) is 11.1. The quantitative estimate of drug-likeness (QED) is 0.130. The third-order valence-electron chi connectivity index (χ3n) is 7.24. The highest BCUT2D eigenvalue weighted by atomic mass is 32.1. The molecule has 4 amide bonds. The van der Waals surface area contributed by atoms with Gasteiger partial charge >= 0.3 is 5.97 Å². The Morgan fingerprint density at radius 3 is 2.63 bits per heavy atom. The van der Waals surface area contributed by atoms with Gasteiger partial charge in [0.05, 0.1) is 62.5 Å². The SMILES string of the molecule is O=C1CCC(N2C(=O)c3cccc(NCCOCCOCCOCc4cn(CCCc5scnc5C(=O)O)nn4)c3C2=O)C(=O)N1. The largest absolute Gasteiger partial charge is 0.476 e. The van der Waals surface area contributed by atoms with Crippen LogP contribution in [0.1, 0.15) is 61.0 Å². The van der Waals surface area contributed by atoms with E-state index in [0.717, 1.165) is 9.78 Å². The minimum atomic E-state index is -1.02. The fourth-order valence-electron chi connectivity index (χ4n) is 5.07. The molecule has 1 fully saturated rings. The molecule has 2 aliphatic rings. The summed E-state index contributed by atoms with van der Waals surface area (Å²) in [7, 11) is 0. The molecule has 17 heteroatoms. The average Bonchev–Trinajstić information content (AvgIpc) is 3.75. The van der Waals surface area contributed by atoms with E-state index in [1.807, 2.05) is 0 Å². The standard InChI is InChI=1S/C29H33N7O9S/c37-23-7-6-21(26(38)32-23)36-27(39)19-3-1-4-20(24(19)28(36)40)30-8-10-43-11-12-44-13-14-45-16-18-15-35(34-33-18)9-2-5-22-25(29(41)42)31-17-46-22/h1,3-4,15,17,21,30H,2,5-14,16H2,(H,41,42)(H,32,37,38). The van der Waals surface area contributed by atoms with Crippen molar-refractivity contribution in [3.8, 4) is 0 Å². The summed E-state index contributed by atoms with van der Waals surface area (Å²) >= 11 is 1.33. The van der Waals surface area contributed by atoms with Crippen molar-refractivity contribution in [1.82, 2.24) is 30.2 Å². The van der Waals surface area contributed by atoms with E-state index in [9.17, 15) is 24.0 Å². The van der Waals surface area contributed by atoms with Gasteiger partial charge in [0.25, 0.3) is 11.8 Å². The molecule has 3 N–H and O–H groups in total. The number of fused-ring (bicyclic) bond motifs is 1. The Labute approximate surface area is 267 Å². The number of nitrogens with one attached hydrogen (secondary N) is 2. The summed E-state index contributed by atoms with van der Waals surface area (Å²) in [5, 5.41) is 22.6. The second kappa shape index (κ2) is 15.6. The average molecular weight is 656 g/mol. The molecular formula is C29H33N7O9S. The lowest BCUT2D eigenvalue weighted by molar-refractivity contribution is -0.136. The van der Waals surface area contributed by atoms with Crippen molar-refractivity contribution >= 4 is 46.6 Å². The predicted octanol–water partition coefficient (Wildman–Crippen LogP) is 1.13. The van der Waals surface area contributed by atoms with Gasteiger partial charge in [0.2, 0.25) is 11.8 Å². The second-order valence-corrected chi connectivity index (χ2v) is 11.3. The molecule has 1 saturated heterocycles. The maximum absolute atomic E-state index is 13.1. The number of anilines is 1. The molecule has 1 aromatic carbocycles. The lowest BCUT2D eigenvalue weighted by Crippen LogP contribution is -2.54. The van der Waals surface area contributed by atoms with Crippen LogP contribution in [0.25, 0.3) is 0 Å². The maximum atomic E-state index is 13.1. The number of hydrogen-bond donors (Lipinski definition) is 3. The number of aromatic nitrogens is 4. The zero-order valence-electron chi connectivity index (χ0n) is 24.8. The van der Waals surface area contributed by atoms with Crippen molar-refractivity contribution in [3.63, 3.8) is 0 Å². The molecule has 0 saturated carbocycles. The van der Waals surface area contributed by atoms with E-state index in [2.05, 4.69) is 25.9 Å². The van der Waals surface area contributed by atoms with E-state index in [1.54, 1.807) is 29.1 Å². The van der Waals surface area contributed by atoms with E-state index in [1.165, 1.54) is 16.8 Å². The number of hydrogen-bond acceptors (Lipinski definition) is 13. The number of amides is 4. The van der Waals surface area contributed by atoms with Crippen LogP contribution >= 0.6 is 11.3 Å². The Morgan fingerprint density at radius 2 is 1.85 bits per heavy atom. The van der Waals surface area contributed by atoms with Gasteiger partial charge in [0, 0.05) is 30.1 Å². The zero-order valence-corrected chi connectivity index (χ0v) is 25.6. The van der Waals surface area contributed by atoms with Gasteiger partial charge < -0.3 is 24.6 Å². The Morgan fingerprint density at radius 1 is 1.07 bits per heavy atom. The zero-order chi connectivity index (χ0) is 32.5. The van der Waals surface area contributed by atoms with Crippen LogP contribution in [-0.2, 0) is 43.4 Å². The number of aryl methyl sites for hydroxylation is 2. The van der Waals surface area contributed by atoms with E-state index in [0.29, 0.717) is 70.3 Å². The van der Waals surface area contributed by atoms with Crippen LogP contribution < -0.4 is 10.6 Å². The fourth-order valence-corrected chi connectivity index (χ4v) is 5.87. The molecule has 2 aromatic heterocycles. The van der Waals surface area contributed by atoms with Crippen molar-refractivity contribution in [1.29, 1.82) is 0 Å². The summed E-state index contributed by atoms with van der Waals surface area (Å²) in [5.74, 6) is -3.22. The Balaban J connectivity index is 0.918. The van der Waals surface area contributed by atoms with Gasteiger partial charge in [-0.05, 0) is 31.4 Å². The molecule has 0 bridgehead atoms. The normalized spacial score (nSPS) is 16.2. The number of rotatable bonds is 18. The van der Waals surface area contributed by atoms with Crippen LogP contribution in [0.15, 0.2) is 29.9 Å². The van der Waals surface area contributed by atoms with E-state index >= 15 is 0 Å². The summed E-state index contributed by atoms with van der Waals surface area (Å²) in [6.45, 7) is 3.00. The highest BCUT2D eigenvalue weighted by Crippen LogP contribution is 2.32. The molecule has 4 heterocycles. The van der Waals surface area contributed by atoms with Gasteiger partial charge in [0.15, 0.2) is 5.69 Å². The summed E-state index contributed by atoms with van der Waals surface area (Å²) < 4.78 is 18.4. The molecule has 1 atom stereocenters. The molecular weight excluding hydrogens is 622 g/mol. The van der Waals surface area contributed by atoms with Gasteiger partial charge in [-0.2, -0.15) is 0 Å². The number of carbonyl (C=O) groups is 5. The summed E-state index contributed by atoms with van der Waals surface area (Å²) in [6, 6.07) is 3.87. The number of nitrogens with zero attached hydrogens (tertiary/aromatic N) is 5. The fraction of sp³-hybridized carbons (Fsp3) is 0.448. The van der Waals surface area contributed by atoms with Gasteiger partial charge in [-0.25, -0.2) is 9.78 Å². The molecule has 46 heavy (non-hydrogen) atoms. The van der Waals surface area contributed by atoms with Crippen LogP contribution in [0, 0.1) is 0 Å². The highest BCUT2D eigenvalue weighted by molar-refractivity contribution is 7.09. The van der Waals surface area contributed by atoms with Gasteiger partial charge in [0.1, 0.15) is 11.7 Å². The Hall–Kier alpha value is -4.58. The van der Waals surface area contributed by atoms with Crippen molar-refractivity contribution in [2.45, 2.75) is 44.9 Å². The first-order valence-electron chi connectivity index (χ1n) is 14.7. The highest BCUT2D eigenvalue weighted by Gasteiger charge is 2.45. The predicted molar refractivity (Wildman–Crippen MR) is 160 cm³/mol. The van der Waals surface area contributed by atoms with Crippen LogP contribution in [0.2, 0.25) is 0 Å². The number of imide groups is 2. The maximum Gasteiger partial charge on any atom is 0.355 e. The van der Waals surface area contributed by atoms with Crippen LogP contribution in [0.4, 0.5) is 5.69 Å². The van der Waals surface area contributed by atoms with Crippen LogP contribution in [-0.4, -0.2) is 105 Å². The first-order chi connectivity index (χ1) is 22.3. The van der Waals surface area contributed by atoms with E-state index in [4.69, 9.17) is 19.3 Å². The first kappa shape index (κ1) is 32.8. The van der Waals surface area contributed by atoms with Crippen LogP contribution in [0.3, 0.4) is 0 Å². The number of ether oxygens (including phenoxy) is 3. The van der Waals surface area contributed by atoms with Crippen molar-refractivity contribution < 1.29 is 43.3 Å². The summed E-state index contributed by atoms with van der Waals surface area (Å²) in [4.78, 5) is 66.6. The number of carbonyl (C=O) groups excluding carboxylic acids is 4. The smallest absolute Gasteiger partial charge is 0.355 e. The molecule has 0 aliphatic carbocycles. The minimum absolute atomic E-state index is 0.0596. The van der Waals surface area contributed by atoms with Crippen molar-refractivity contribution in [2.75, 3.05) is 44.9 Å². The Bertz CT molecular complexity index is 1590. The molecule has 0 spiro atoms. The summed E-state index contributed by atoms with van der Waals surface area (Å²) in [6.07, 6.45) is 3.25. The molecule has 2 aliphatic heterocycles. The number of aromatic carboxylic acids is 1. The molecule has 1 unspecified atom stereocenters. The first-order valence-corrected chi connectivity index (χ1v) is 15.6. The van der Waals surface area contributed by atoms with E-state index in [-0.39, 0.29) is 36.3 Å². The monoisotopic (exact) mass is 655 g/mol. The molecule has 16 nitrogen and oxygen atoms in total. The lowest BCUT2D eigenvalue weighted by Gasteiger charge is -2.27. The third kappa shape index (κ3) is 7.97. The number of carboxylic acid groups (broad SMARTS) is 1. The van der Waals surface area contributed by atoms with Gasteiger partial charge in [-0.1, -0.05) is 11.3 Å². The third-order valence-corrected chi connectivity index (χ3v) is 8.14. The number of piperidine rings is 1. The molecule has 0 radical (unpaired) electrons. The van der Waals surface area contributed by atoms with Gasteiger partial charge in [-0.15, -0.1) is 16.4 Å². The van der Waals surface area contributed by atoms with Crippen molar-refractivity contribution in [2.24, 2.45) is 0 Å². The second-order valence-electron chi connectivity index (χ2n) is 10.4. The van der Waals surface area contributed by atoms with Gasteiger partial charge in [-0.3, -0.25) is 34.1 Å². The number of carboxylic acids is 1. The lowest BCUT2D eigenvalue weighted by atomic mass is 10.0. The molecule has 244 valence electrons. The number of benzene rings is 1.